The lowest BCUT2D eigenvalue weighted by molar-refractivity contribution is 0.305. The SMILES string of the molecule is CCNS(=O)(=O)NCc1cc(C#CCCO)cs1. The summed E-state index contributed by atoms with van der Waals surface area (Å²) in [7, 11) is -3.40. The first-order chi connectivity index (χ1) is 8.57. The second-order valence-electron chi connectivity index (χ2n) is 3.40. The molecular formula is C11H16N2O3S2. The monoisotopic (exact) mass is 288 g/mol. The minimum absolute atomic E-state index is 0.0481. The summed E-state index contributed by atoms with van der Waals surface area (Å²) in [4.78, 5) is 0.893. The molecule has 100 valence electrons. The topological polar surface area (TPSA) is 78.4 Å². The van der Waals surface area contributed by atoms with Crippen molar-refractivity contribution < 1.29 is 13.5 Å². The van der Waals surface area contributed by atoms with Crippen molar-refractivity contribution in [3.05, 3.63) is 21.9 Å². The Kier molecular flexibility index (Phi) is 6.32. The lowest BCUT2D eigenvalue weighted by atomic mass is 10.3. The van der Waals surface area contributed by atoms with E-state index in [1.54, 1.807) is 6.92 Å². The summed E-state index contributed by atoms with van der Waals surface area (Å²) in [5.41, 5.74) is 0.839. The standard InChI is InChI=1S/C11H16N2O3S2/c1-2-12-18(15,16)13-8-11-7-10(9-17-11)5-3-4-6-14/h7,9,12-14H,2,4,6,8H2,1H3. The lowest BCUT2D eigenvalue weighted by Gasteiger charge is -2.04. The second kappa shape index (κ2) is 7.51. The van der Waals surface area contributed by atoms with E-state index in [1.165, 1.54) is 11.3 Å². The minimum atomic E-state index is -3.40. The number of hydrogen-bond donors (Lipinski definition) is 3. The molecule has 0 saturated carbocycles. The molecule has 0 aromatic carbocycles. The third-order valence-corrected chi connectivity index (χ3v) is 4.02. The van der Waals surface area contributed by atoms with Crippen LogP contribution in [0.5, 0.6) is 0 Å². The molecule has 0 bridgehead atoms. The van der Waals surface area contributed by atoms with Crippen LogP contribution in [0.4, 0.5) is 0 Å². The number of hydrogen-bond acceptors (Lipinski definition) is 4. The predicted octanol–water partition coefficient (Wildman–Crippen LogP) is 0.426. The van der Waals surface area contributed by atoms with Gasteiger partial charge in [0.05, 0.1) is 6.61 Å². The molecule has 0 unspecified atom stereocenters. The molecule has 0 amide bonds. The van der Waals surface area contributed by atoms with Crippen LogP contribution in [-0.2, 0) is 16.8 Å². The molecule has 0 fully saturated rings. The van der Waals surface area contributed by atoms with Gasteiger partial charge in [0, 0.05) is 35.3 Å². The molecule has 0 saturated heterocycles. The van der Waals surface area contributed by atoms with E-state index in [2.05, 4.69) is 21.3 Å². The maximum atomic E-state index is 11.3. The Bertz CT molecular complexity index is 526. The first-order valence-corrected chi connectivity index (χ1v) is 7.85. The maximum Gasteiger partial charge on any atom is 0.277 e. The smallest absolute Gasteiger partial charge is 0.277 e. The Morgan fingerprint density at radius 2 is 2.22 bits per heavy atom. The van der Waals surface area contributed by atoms with Crippen molar-refractivity contribution in [3.63, 3.8) is 0 Å². The van der Waals surface area contributed by atoms with E-state index in [-0.39, 0.29) is 13.2 Å². The van der Waals surface area contributed by atoms with Gasteiger partial charge in [0.1, 0.15) is 0 Å². The quantitative estimate of drug-likeness (QED) is 0.664. The molecule has 0 spiro atoms. The van der Waals surface area contributed by atoms with E-state index in [0.29, 0.717) is 13.0 Å². The van der Waals surface area contributed by atoms with Gasteiger partial charge in [-0.3, -0.25) is 0 Å². The largest absolute Gasteiger partial charge is 0.395 e. The first-order valence-electron chi connectivity index (χ1n) is 5.48. The highest BCUT2D eigenvalue weighted by Gasteiger charge is 2.07. The zero-order valence-corrected chi connectivity index (χ0v) is 11.7. The molecule has 7 heteroatoms. The van der Waals surface area contributed by atoms with Crippen molar-refractivity contribution >= 4 is 21.5 Å². The molecule has 0 aliphatic heterocycles. The van der Waals surface area contributed by atoms with Crippen LogP contribution in [0.3, 0.4) is 0 Å². The molecule has 1 aromatic rings. The van der Waals surface area contributed by atoms with E-state index in [0.717, 1.165) is 10.4 Å². The summed E-state index contributed by atoms with van der Waals surface area (Å²) in [5, 5.41) is 10.5. The van der Waals surface area contributed by atoms with Crippen molar-refractivity contribution in [2.75, 3.05) is 13.2 Å². The van der Waals surface area contributed by atoms with E-state index < -0.39 is 10.2 Å². The Labute approximate surface area is 111 Å². The van der Waals surface area contributed by atoms with E-state index in [9.17, 15) is 8.42 Å². The summed E-state index contributed by atoms with van der Waals surface area (Å²) < 4.78 is 27.5. The lowest BCUT2D eigenvalue weighted by Crippen LogP contribution is -2.35. The fourth-order valence-electron chi connectivity index (χ4n) is 1.17. The van der Waals surface area contributed by atoms with Crippen molar-refractivity contribution in [3.8, 4) is 11.8 Å². The number of aliphatic hydroxyl groups excluding tert-OH is 1. The Morgan fingerprint density at radius 3 is 2.89 bits per heavy atom. The van der Waals surface area contributed by atoms with Gasteiger partial charge in [0.2, 0.25) is 0 Å². The molecule has 0 radical (unpaired) electrons. The highest BCUT2D eigenvalue weighted by molar-refractivity contribution is 7.87. The number of thiophene rings is 1. The molecule has 1 rings (SSSR count). The van der Waals surface area contributed by atoms with Crippen LogP contribution in [0.2, 0.25) is 0 Å². The van der Waals surface area contributed by atoms with E-state index in [4.69, 9.17) is 5.11 Å². The molecule has 18 heavy (non-hydrogen) atoms. The van der Waals surface area contributed by atoms with Crippen molar-refractivity contribution in [1.82, 2.24) is 9.44 Å². The van der Waals surface area contributed by atoms with Crippen LogP contribution in [-0.4, -0.2) is 26.7 Å². The maximum absolute atomic E-state index is 11.3. The predicted molar refractivity (Wildman–Crippen MR) is 72.3 cm³/mol. The summed E-state index contributed by atoms with van der Waals surface area (Å²) in [6.07, 6.45) is 0.443. The van der Waals surface area contributed by atoms with Gasteiger partial charge in [0.15, 0.2) is 0 Å². The summed E-state index contributed by atoms with van der Waals surface area (Å²) in [6, 6.07) is 1.84. The van der Waals surface area contributed by atoms with Gasteiger partial charge in [-0.1, -0.05) is 18.8 Å². The number of rotatable bonds is 6. The van der Waals surface area contributed by atoms with Gasteiger partial charge in [-0.15, -0.1) is 11.3 Å². The fraction of sp³-hybridized carbons (Fsp3) is 0.455. The summed E-state index contributed by atoms with van der Waals surface area (Å²) in [6.45, 7) is 2.38. The zero-order chi connectivity index (χ0) is 13.4. The Hall–Kier alpha value is -0.910. The zero-order valence-electron chi connectivity index (χ0n) is 10.1. The highest BCUT2D eigenvalue weighted by Crippen LogP contribution is 2.13. The molecule has 0 atom stereocenters. The van der Waals surface area contributed by atoms with Gasteiger partial charge in [0.25, 0.3) is 10.2 Å². The van der Waals surface area contributed by atoms with Crippen molar-refractivity contribution in [2.24, 2.45) is 0 Å². The number of nitrogens with one attached hydrogen (secondary N) is 2. The van der Waals surface area contributed by atoms with Crippen LogP contribution < -0.4 is 9.44 Å². The second-order valence-corrected chi connectivity index (χ2v) is 5.98. The van der Waals surface area contributed by atoms with Crippen LogP contribution in [0.1, 0.15) is 23.8 Å². The van der Waals surface area contributed by atoms with Crippen LogP contribution in [0.25, 0.3) is 0 Å². The van der Waals surface area contributed by atoms with Crippen molar-refractivity contribution in [1.29, 1.82) is 0 Å². The van der Waals surface area contributed by atoms with E-state index in [1.807, 2.05) is 11.4 Å². The van der Waals surface area contributed by atoms with Gasteiger partial charge >= 0.3 is 0 Å². The molecule has 5 nitrogen and oxygen atoms in total. The third kappa shape index (κ3) is 5.62. The van der Waals surface area contributed by atoms with Crippen LogP contribution >= 0.6 is 11.3 Å². The molecule has 0 aliphatic carbocycles. The van der Waals surface area contributed by atoms with Gasteiger partial charge in [-0.05, 0) is 6.07 Å². The Balaban J connectivity index is 2.53. The molecule has 1 heterocycles. The average Bonchev–Trinajstić information content (AvgIpc) is 2.75. The number of aliphatic hydroxyl groups is 1. The fourth-order valence-corrected chi connectivity index (χ4v) is 2.84. The van der Waals surface area contributed by atoms with E-state index >= 15 is 0 Å². The third-order valence-electron chi connectivity index (χ3n) is 1.89. The highest BCUT2D eigenvalue weighted by atomic mass is 32.2. The van der Waals surface area contributed by atoms with Gasteiger partial charge < -0.3 is 5.11 Å². The minimum Gasteiger partial charge on any atom is -0.395 e. The summed E-state index contributed by atoms with van der Waals surface area (Å²) >= 11 is 1.45. The van der Waals surface area contributed by atoms with Crippen LogP contribution in [0.15, 0.2) is 11.4 Å². The average molecular weight is 288 g/mol. The Morgan fingerprint density at radius 1 is 1.44 bits per heavy atom. The van der Waals surface area contributed by atoms with Gasteiger partial charge in [-0.2, -0.15) is 13.1 Å². The van der Waals surface area contributed by atoms with Crippen LogP contribution in [0, 0.1) is 11.8 Å². The molecule has 1 aromatic heterocycles. The normalized spacial score (nSPS) is 11.0. The first kappa shape index (κ1) is 15.1. The van der Waals surface area contributed by atoms with Crippen molar-refractivity contribution in [2.45, 2.75) is 19.9 Å². The molecule has 3 N–H and O–H groups in total. The molecular weight excluding hydrogens is 272 g/mol. The summed E-state index contributed by atoms with van der Waals surface area (Å²) in [5.74, 6) is 5.71. The molecule has 0 aliphatic rings. The van der Waals surface area contributed by atoms with Gasteiger partial charge in [-0.25, -0.2) is 4.72 Å².